The molecule has 0 radical (unpaired) electrons. The lowest BCUT2D eigenvalue weighted by Crippen LogP contribution is -2.39. The number of nitrogens with zero attached hydrogens (tertiary/aromatic N) is 1. The Kier molecular flexibility index (Phi) is 5.55. The van der Waals surface area contributed by atoms with Gasteiger partial charge in [-0.05, 0) is 12.1 Å². The molecule has 1 aromatic carbocycles. The molecule has 0 saturated carbocycles. The van der Waals surface area contributed by atoms with Crippen LogP contribution in [-0.4, -0.2) is 55.6 Å². The third kappa shape index (κ3) is 4.31. The zero-order valence-electron chi connectivity index (χ0n) is 11.7. The molecule has 1 aromatic rings. The summed E-state index contributed by atoms with van der Waals surface area (Å²) in [6, 6.07) is 5.06. The second-order valence-electron chi connectivity index (χ2n) is 4.70. The van der Waals surface area contributed by atoms with Crippen molar-refractivity contribution < 1.29 is 9.53 Å². The van der Waals surface area contributed by atoms with Gasteiger partial charge in [-0.15, -0.1) is 0 Å². The first-order valence-corrected chi connectivity index (χ1v) is 7.87. The van der Waals surface area contributed by atoms with Gasteiger partial charge in [-0.3, -0.25) is 9.69 Å². The quantitative estimate of drug-likeness (QED) is 0.795. The summed E-state index contributed by atoms with van der Waals surface area (Å²) in [5.41, 5.74) is 6.82. The number of anilines is 1. The molecule has 2 rings (SSSR count). The van der Waals surface area contributed by atoms with Gasteiger partial charge in [0.05, 0.1) is 7.11 Å². The third-order valence-electron chi connectivity index (χ3n) is 3.24. The first-order valence-electron chi connectivity index (χ1n) is 6.72. The summed E-state index contributed by atoms with van der Waals surface area (Å²) in [5, 5.41) is 2.93. The van der Waals surface area contributed by atoms with Crippen molar-refractivity contribution in [3.8, 4) is 5.75 Å². The van der Waals surface area contributed by atoms with Gasteiger partial charge in [0.2, 0.25) is 0 Å². The van der Waals surface area contributed by atoms with E-state index in [4.69, 9.17) is 10.5 Å². The van der Waals surface area contributed by atoms with Crippen LogP contribution < -0.4 is 15.8 Å². The summed E-state index contributed by atoms with van der Waals surface area (Å²) in [6.45, 7) is 3.76. The standard InChI is InChI=1S/C14H21N3O2S/c1-19-13-9-11(8-12(15)10-13)14(18)16-2-3-17-4-6-20-7-5-17/h8-10H,2-7,15H2,1H3,(H,16,18). The molecule has 1 heterocycles. The Morgan fingerprint density at radius 2 is 2.15 bits per heavy atom. The Morgan fingerprint density at radius 1 is 1.40 bits per heavy atom. The highest BCUT2D eigenvalue weighted by atomic mass is 32.2. The number of methoxy groups -OCH3 is 1. The summed E-state index contributed by atoms with van der Waals surface area (Å²) in [5.74, 6) is 2.85. The SMILES string of the molecule is COc1cc(N)cc(C(=O)NCCN2CCSCC2)c1. The molecule has 0 unspecified atom stereocenters. The minimum atomic E-state index is -0.109. The first-order chi connectivity index (χ1) is 9.69. The number of amides is 1. The highest BCUT2D eigenvalue weighted by molar-refractivity contribution is 7.99. The van der Waals surface area contributed by atoms with Gasteiger partial charge < -0.3 is 15.8 Å². The summed E-state index contributed by atoms with van der Waals surface area (Å²) < 4.78 is 5.11. The Morgan fingerprint density at radius 3 is 2.85 bits per heavy atom. The van der Waals surface area contributed by atoms with E-state index in [1.807, 2.05) is 11.8 Å². The Labute approximate surface area is 123 Å². The van der Waals surface area contributed by atoms with Gasteiger partial charge in [0, 0.05) is 55.0 Å². The number of thioether (sulfide) groups is 1. The predicted molar refractivity (Wildman–Crippen MR) is 83.5 cm³/mol. The molecule has 0 atom stereocenters. The van der Waals surface area contributed by atoms with Gasteiger partial charge in [0.25, 0.3) is 5.91 Å². The number of carbonyl (C=O) groups is 1. The Bertz CT molecular complexity index is 462. The van der Waals surface area contributed by atoms with E-state index in [1.165, 1.54) is 11.5 Å². The van der Waals surface area contributed by atoms with Crippen molar-refractivity contribution in [2.45, 2.75) is 0 Å². The smallest absolute Gasteiger partial charge is 0.251 e. The molecule has 0 aromatic heterocycles. The summed E-state index contributed by atoms with van der Waals surface area (Å²) in [7, 11) is 1.56. The van der Waals surface area contributed by atoms with E-state index in [1.54, 1.807) is 25.3 Å². The Balaban J connectivity index is 1.83. The largest absolute Gasteiger partial charge is 0.497 e. The van der Waals surface area contributed by atoms with E-state index in [0.717, 1.165) is 19.6 Å². The Hall–Kier alpha value is -1.40. The van der Waals surface area contributed by atoms with Gasteiger partial charge in [-0.2, -0.15) is 11.8 Å². The highest BCUT2D eigenvalue weighted by Crippen LogP contribution is 2.18. The number of nitrogen functional groups attached to an aromatic ring is 1. The zero-order chi connectivity index (χ0) is 14.4. The van der Waals surface area contributed by atoms with Gasteiger partial charge >= 0.3 is 0 Å². The van der Waals surface area contributed by atoms with Crippen molar-refractivity contribution in [2.24, 2.45) is 0 Å². The fourth-order valence-electron chi connectivity index (χ4n) is 2.13. The van der Waals surface area contributed by atoms with E-state index in [-0.39, 0.29) is 5.91 Å². The van der Waals surface area contributed by atoms with Crippen LogP contribution in [0.2, 0.25) is 0 Å². The fraction of sp³-hybridized carbons (Fsp3) is 0.500. The molecule has 0 aliphatic carbocycles. The number of ether oxygens (including phenoxy) is 1. The topological polar surface area (TPSA) is 67.6 Å². The molecule has 0 spiro atoms. The second kappa shape index (κ2) is 7.40. The normalized spacial score (nSPS) is 15.8. The number of carbonyl (C=O) groups excluding carboxylic acids is 1. The molecule has 20 heavy (non-hydrogen) atoms. The molecule has 1 saturated heterocycles. The van der Waals surface area contributed by atoms with Crippen molar-refractivity contribution in [1.29, 1.82) is 0 Å². The molecular formula is C14H21N3O2S. The average molecular weight is 295 g/mol. The number of hydrogen-bond donors (Lipinski definition) is 2. The van der Waals surface area contributed by atoms with Crippen LogP contribution in [0.5, 0.6) is 5.75 Å². The summed E-state index contributed by atoms with van der Waals surface area (Å²) >= 11 is 1.98. The number of benzene rings is 1. The maximum atomic E-state index is 12.1. The van der Waals surface area contributed by atoms with Crippen LogP contribution in [0, 0.1) is 0 Å². The molecule has 1 aliphatic rings. The molecule has 5 nitrogen and oxygen atoms in total. The number of hydrogen-bond acceptors (Lipinski definition) is 5. The van der Waals surface area contributed by atoms with Crippen molar-refractivity contribution in [3.05, 3.63) is 23.8 Å². The van der Waals surface area contributed by atoms with Crippen LogP contribution in [-0.2, 0) is 0 Å². The van der Waals surface area contributed by atoms with E-state index in [9.17, 15) is 4.79 Å². The number of nitrogens with two attached hydrogens (primary N) is 1. The second-order valence-corrected chi connectivity index (χ2v) is 5.93. The van der Waals surface area contributed by atoms with Crippen LogP contribution in [0.25, 0.3) is 0 Å². The molecule has 0 bridgehead atoms. The lowest BCUT2D eigenvalue weighted by atomic mass is 10.1. The summed E-state index contributed by atoms with van der Waals surface area (Å²) in [6.07, 6.45) is 0. The molecule has 1 amide bonds. The monoisotopic (exact) mass is 295 g/mol. The number of rotatable bonds is 5. The maximum Gasteiger partial charge on any atom is 0.251 e. The van der Waals surface area contributed by atoms with Crippen LogP contribution in [0.15, 0.2) is 18.2 Å². The lowest BCUT2D eigenvalue weighted by molar-refractivity contribution is 0.0948. The maximum absolute atomic E-state index is 12.1. The van der Waals surface area contributed by atoms with Crippen molar-refractivity contribution >= 4 is 23.4 Å². The first kappa shape index (κ1) is 15.0. The van der Waals surface area contributed by atoms with Gasteiger partial charge in [0.1, 0.15) is 5.75 Å². The van der Waals surface area contributed by atoms with Crippen molar-refractivity contribution in [1.82, 2.24) is 10.2 Å². The van der Waals surface area contributed by atoms with Crippen LogP contribution in [0.1, 0.15) is 10.4 Å². The summed E-state index contributed by atoms with van der Waals surface area (Å²) in [4.78, 5) is 14.4. The van der Waals surface area contributed by atoms with Crippen molar-refractivity contribution in [3.63, 3.8) is 0 Å². The zero-order valence-corrected chi connectivity index (χ0v) is 12.5. The van der Waals surface area contributed by atoms with Gasteiger partial charge in [-0.1, -0.05) is 0 Å². The van der Waals surface area contributed by atoms with E-state index in [0.29, 0.717) is 23.5 Å². The molecule has 110 valence electrons. The molecule has 1 aliphatic heterocycles. The number of nitrogens with one attached hydrogen (secondary N) is 1. The average Bonchev–Trinajstić information content (AvgIpc) is 2.47. The molecular weight excluding hydrogens is 274 g/mol. The molecule has 1 fully saturated rings. The predicted octanol–water partition coefficient (Wildman–Crippen LogP) is 1.06. The minimum absolute atomic E-state index is 0.109. The molecule has 3 N–H and O–H groups in total. The van der Waals surface area contributed by atoms with E-state index in [2.05, 4.69) is 10.2 Å². The highest BCUT2D eigenvalue weighted by Gasteiger charge is 2.11. The van der Waals surface area contributed by atoms with Gasteiger partial charge in [0.15, 0.2) is 0 Å². The van der Waals surface area contributed by atoms with Crippen LogP contribution in [0.3, 0.4) is 0 Å². The fourth-order valence-corrected chi connectivity index (χ4v) is 3.10. The van der Waals surface area contributed by atoms with Crippen LogP contribution in [0.4, 0.5) is 5.69 Å². The van der Waals surface area contributed by atoms with E-state index >= 15 is 0 Å². The third-order valence-corrected chi connectivity index (χ3v) is 4.19. The molecule has 6 heteroatoms. The minimum Gasteiger partial charge on any atom is -0.497 e. The van der Waals surface area contributed by atoms with Crippen molar-refractivity contribution in [2.75, 3.05) is 50.5 Å². The van der Waals surface area contributed by atoms with Crippen LogP contribution >= 0.6 is 11.8 Å². The van der Waals surface area contributed by atoms with E-state index < -0.39 is 0 Å². The lowest BCUT2D eigenvalue weighted by Gasteiger charge is -2.26. The van der Waals surface area contributed by atoms with Gasteiger partial charge in [-0.25, -0.2) is 0 Å².